The van der Waals surface area contributed by atoms with E-state index in [1.165, 1.54) is 4.90 Å². The second kappa shape index (κ2) is 9.14. The van der Waals surface area contributed by atoms with Crippen molar-refractivity contribution in [1.82, 2.24) is 5.32 Å². The molecule has 1 aromatic carbocycles. The van der Waals surface area contributed by atoms with Crippen LogP contribution in [-0.2, 0) is 4.79 Å². The van der Waals surface area contributed by atoms with Crippen molar-refractivity contribution in [3.05, 3.63) is 23.8 Å². The van der Waals surface area contributed by atoms with Gasteiger partial charge in [-0.15, -0.1) is 0 Å². The summed E-state index contributed by atoms with van der Waals surface area (Å²) in [5.74, 6) is 1.63. The Bertz CT molecular complexity index is 681. The van der Waals surface area contributed by atoms with E-state index in [1.807, 2.05) is 12.1 Å². The topological polar surface area (TPSA) is 72.2 Å². The number of hydrogen-bond donors (Lipinski definition) is 3. The third-order valence-electron chi connectivity index (χ3n) is 6.51. The zero-order valence-electron chi connectivity index (χ0n) is 17.4. The van der Waals surface area contributed by atoms with Crippen LogP contribution in [0.15, 0.2) is 18.2 Å². The minimum atomic E-state index is -0.626. The van der Waals surface area contributed by atoms with Gasteiger partial charge in [0.2, 0.25) is 0 Å². The maximum atomic E-state index is 12.5. The summed E-state index contributed by atoms with van der Waals surface area (Å²) in [4.78, 5) is 13.7. The highest BCUT2D eigenvalue weighted by molar-refractivity contribution is 5.76. The number of likely N-dealkylation sites (tertiary alicyclic amines) is 1. The van der Waals surface area contributed by atoms with Gasteiger partial charge < -0.3 is 24.8 Å². The fraction of sp³-hybridized carbons (Fsp3) is 0.682. The number of nitrogens with one attached hydrogen (secondary N) is 2. The molecule has 1 saturated heterocycles. The third kappa shape index (κ3) is 4.28. The number of fused-ring (bicyclic) bond motifs is 1. The number of benzene rings is 1. The monoisotopic (exact) mass is 391 g/mol. The van der Waals surface area contributed by atoms with E-state index in [9.17, 15) is 9.90 Å². The number of carbonyl (C=O) groups excluding carboxylic acids is 1. The molecule has 1 saturated carbocycles. The largest absolute Gasteiger partial charge is 0.493 e. The number of quaternary nitrogens is 1. The van der Waals surface area contributed by atoms with Crippen LogP contribution in [0, 0.1) is 5.92 Å². The number of ether oxygens (including phenoxy) is 2. The van der Waals surface area contributed by atoms with Crippen molar-refractivity contribution in [2.75, 3.05) is 33.9 Å². The van der Waals surface area contributed by atoms with Crippen LogP contribution >= 0.6 is 0 Å². The molecule has 0 radical (unpaired) electrons. The molecule has 1 aliphatic carbocycles. The number of rotatable bonds is 7. The lowest BCUT2D eigenvalue weighted by Crippen LogP contribution is -3.16. The standard InChI is InChI=1S/C22H34N2O4/c1-4-12-23-20(25)15-24-13-11-22(26)10-6-5-7-17(22)21(24)16-8-9-18(27-2)19(14-16)28-3/h8-9,14,17,21,26H,4-7,10-13,15H2,1-3H3,(H,23,25)/p+1/t17-,21-,22-/m1/s1. The summed E-state index contributed by atoms with van der Waals surface area (Å²) in [6, 6.07) is 6.09. The molecule has 2 fully saturated rings. The van der Waals surface area contributed by atoms with E-state index in [-0.39, 0.29) is 17.9 Å². The summed E-state index contributed by atoms with van der Waals surface area (Å²) in [6.07, 6.45) is 5.76. The summed E-state index contributed by atoms with van der Waals surface area (Å²) in [6.45, 7) is 4.00. The number of methoxy groups -OCH3 is 2. The molecular formula is C22H35N2O4+. The SMILES string of the molecule is CCCNC(=O)C[NH+]1CC[C@]2(O)CCCC[C@@H]2[C@H]1c1ccc(OC)c(OC)c1. The van der Waals surface area contributed by atoms with Gasteiger partial charge in [-0.25, -0.2) is 0 Å². The van der Waals surface area contributed by atoms with E-state index in [0.29, 0.717) is 24.6 Å². The van der Waals surface area contributed by atoms with Crippen molar-refractivity contribution in [3.63, 3.8) is 0 Å². The number of aliphatic hydroxyl groups is 1. The van der Waals surface area contributed by atoms with Crippen molar-refractivity contribution in [1.29, 1.82) is 0 Å². The number of piperidine rings is 1. The van der Waals surface area contributed by atoms with Crippen molar-refractivity contribution in [3.8, 4) is 11.5 Å². The normalized spacial score (nSPS) is 29.6. The maximum Gasteiger partial charge on any atom is 0.275 e. The lowest BCUT2D eigenvalue weighted by molar-refractivity contribution is -0.937. The molecule has 1 unspecified atom stereocenters. The molecule has 1 heterocycles. The molecule has 4 atom stereocenters. The van der Waals surface area contributed by atoms with Gasteiger partial charge >= 0.3 is 0 Å². The fourth-order valence-corrected chi connectivity index (χ4v) is 5.10. The van der Waals surface area contributed by atoms with E-state index < -0.39 is 5.60 Å². The van der Waals surface area contributed by atoms with Gasteiger partial charge in [0.25, 0.3) is 5.91 Å². The minimum Gasteiger partial charge on any atom is -0.493 e. The smallest absolute Gasteiger partial charge is 0.275 e. The quantitative estimate of drug-likeness (QED) is 0.658. The Kier molecular flexibility index (Phi) is 6.83. The minimum absolute atomic E-state index is 0.0752. The molecule has 28 heavy (non-hydrogen) atoms. The molecule has 6 nitrogen and oxygen atoms in total. The van der Waals surface area contributed by atoms with Gasteiger partial charge in [-0.3, -0.25) is 4.79 Å². The molecule has 3 N–H and O–H groups in total. The highest BCUT2D eigenvalue weighted by Crippen LogP contribution is 2.45. The summed E-state index contributed by atoms with van der Waals surface area (Å²) in [5, 5.41) is 14.4. The first-order valence-electron chi connectivity index (χ1n) is 10.6. The van der Waals surface area contributed by atoms with E-state index in [1.54, 1.807) is 14.2 Å². The summed E-state index contributed by atoms with van der Waals surface area (Å²) < 4.78 is 10.9. The van der Waals surface area contributed by atoms with Gasteiger partial charge in [-0.1, -0.05) is 19.8 Å². The van der Waals surface area contributed by atoms with Crippen LogP contribution in [0.25, 0.3) is 0 Å². The van der Waals surface area contributed by atoms with Gasteiger partial charge in [0.15, 0.2) is 18.0 Å². The van der Waals surface area contributed by atoms with Crippen LogP contribution in [0.4, 0.5) is 0 Å². The van der Waals surface area contributed by atoms with Crippen LogP contribution in [-0.4, -0.2) is 50.5 Å². The Morgan fingerprint density at radius 2 is 2.04 bits per heavy atom. The second-order valence-electron chi connectivity index (χ2n) is 8.23. The van der Waals surface area contributed by atoms with Gasteiger partial charge in [0.1, 0.15) is 6.04 Å². The lowest BCUT2D eigenvalue weighted by Gasteiger charge is -2.50. The highest BCUT2D eigenvalue weighted by atomic mass is 16.5. The second-order valence-corrected chi connectivity index (χ2v) is 8.23. The Hall–Kier alpha value is -1.79. The molecule has 6 heteroatoms. The first kappa shape index (κ1) is 20.9. The zero-order valence-corrected chi connectivity index (χ0v) is 17.4. The van der Waals surface area contributed by atoms with Crippen LogP contribution in [0.1, 0.15) is 57.1 Å². The van der Waals surface area contributed by atoms with Crippen molar-refractivity contribution >= 4 is 5.91 Å². The maximum absolute atomic E-state index is 12.5. The molecule has 0 bridgehead atoms. The zero-order chi connectivity index (χ0) is 20.1. The average molecular weight is 392 g/mol. The van der Waals surface area contributed by atoms with Crippen molar-refractivity contribution < 1.29 is 24.3 Å². The molecule has 3 rings (SSSR count). The molecule has 0 spiro atoms. The van der Waals surface area contributed by atoms with Crippen molar-refractivity contribution in [2.24, 2.45) is 5.92 Å². The van der Waals surface area contributed by atoms with Crippen LogP contribution in [0.3, 0.4) is 0 Å². The van der Waals surface area contributed by atoms with E-state index >= 15 is 0 Å². The van der Waals surface area contributed by atoms with Gasteiger partial charge in [-0.05, 0) is 37.5 Å². The average Bonchev–Trinajstić information content (AvgIpc) is 2.71. The Morgan fingerprint density at radius 3 is 2.75 bits per heavy atom. The van der Waals surface area contributed by atoms with E-state index in [0.717, 1.165) is 50.6 Å². The first-order valence-corrected chi connectivity index (χ1v) is 10.6. The molecular weight excluding hydrogens is 356 g/mol. The fourth-order valence-electron chi connectivity index (χ4n) is 5.10. The van der Waals surface area contributed by atoms with E-state index in [2.05, 4.69) is 18.3 Å². The molecule has 0 aromatic heterocycles. The van der Waals surface area contributed by atoms with Crippen LogP contribution in [0.5, 0.6) is 11.5 Å². The van der Waals surface area contributed by atoms with Crippen LogP contribution < -0.4 is 19.7 Å². The number of hydrogen-bond acceptors (Lipinski definition) is 4. The van der Waals surface area contributed by atoms with Gasteiger partial charge in [-0.2, -0.15) is 0 Å². The predicted octanol–water partition coefficient (Wildman–Crippen LogP) is 1.48. The lowest BCUT2D eigenvalue weighted by atomic mass is 9.66. The number of amides is 1. The Balaban J connectivity index is 1.92. The molecule has 156 valence electrons. The van der Waals surface area contributed by atoms with E-state index in [4.69, 9.17) is 9.47 Å². The third-order valence-corrected chi connectivity index (χ3v) is 6.51. The molecule has 1 amide bonds. The van der Waals surface area contributed by atoms with Crippen LogP contribution in [0.2, 0.25) is 0 Å². The van der Waals surface area contributed by atoms with Gasteiger partial charge in [0.05, 0.1) is 26.4 Å². The highest BCUT2D eigenvalue weighted by Gasteiger charge is 2.52. The first-order chi connectivity index (χ1) is 13.5. The Labute approximate surface area is 168 Å². The van der Waals surface area contributed by atoms with Gasteiger partial charge in [0, 0.05) is 24.4 Å². The van der Waals surface area contributed by atoms with Crippen molar-refractivity contribution in [2.45, 2.75) is 57.1 Å². The molecule has 1 aliphatic heterocycles. The summed E-state index contributed by atoms with van der Waals surface area (Å²) >= 11 is 0. The Morgan fingerprint density at radius 1 is 1.25 bits per heavy atom. The number of carbonyl (C=O) groups is 1. The predicted molar refractivity (Wildman–Crippen MR) is 108 cm³/mol. The molecule has 1 aromatic rings. The molecule has 2 aliphatic rings. The summed E-state index contributed by atoms with van der Waals surface area (Å²) in [5.41, 5.74) is 0.486. The summed E-state index contributed by atoms with van der Waals surface area (Å²) in [7, 11) is 3.27.